The lowest BCUT2D eigenvalue weighted by molar-refractivity contribution is -0.373. The van der Waals surface area contributed by atoms with Gasteiger partial charge in [0.1, 0.15) is 13.2 Å². The van der Waals surface area contributed by atoms with Crippen molar-refractivity contribution in [3.63, 3.8) is 0 Å². The summed E-state index contributed by atoms with van der Waals surface area (Å²) in [7, 11) is -4.58. The summed E-state index contributed by atoms with van der Waals surface area (Å²) in [6.45, 7) is 3.91. The Morgan fingerprint density at radius 2 is 1.04 bits per heavy atom. The van der Waals surface area contributed by atoms with Crippen molar-refractivity contribution < 1.29 is 43.3 Å². The molecule has 3 N–H and O–H groups in total. The van der Waals surface area contributed by atoms with Crippen LogP contribution in [0.1, 0.15) is 181 Å². The van der Waals surface area contributed by atoms with E-state index in [1.807, 2.05) is 0 Å². The predicted molar refractivity (Wildman–Crippen MR) is 189 cm³/mol. The summed E-state index contributed by atoms with van der Waals surface area (Å²) >= 11 is 0. The van der Waals surface area contributed by atoms with Crippen molar-refractivity contribution in [1.82, 2.24) is 0 Å². The minimum absolute atomic E-state index is 0.103. The zero-order valence-electron chi connectivity index (χ0n) is 30.4. The van der Waals surface area contributed by atoms with E-state index in [0.717, 1.165) is 51.4 Å². The number of ether oxygens (including phenoxy) is 2. The van der Waals surface area contributed by atoms with Crippen LogP contribution in [-0.2, 0) is 32.7 Å². The molecule has 0 aromatic heterocycles. The summed E-state index contributed by atoms with van der Waals surface area (Å²) in [5.41, 5.74) is 3.54. The molecule has 0 aromatic rings. The van der Waals surface area contributed by atoms with Gasteiger partial charge >= 0.3 is 11.9 Å². The van der Waals surface area contributed by atoms with Gasteiger partial charge in [0.25, 0.3) is 7.82 Å². The van der Waals surface area contributed by atoms with Crippen LogP contribution in [0.15, 0.2) is 12.2 Å². The molecule has 0 amide bonds. The number of esters is 2. The Morgan fingerprint density at radius 3 is 1.51 bits per heavy atom. The van der Waals surface area contributed by atoms with Gasteiger partial charge in [-0.05, 0) is 38.5 Å². The largest absolute Gasteiger partial charge is 0.756 e. The number of quaternary nitrogens is 1. The fourth-order valence-electron chi connectivity index (χ4n) is 5.28. The van der Waals surface area contributed by atoms with Gasteiger partial charge in [0, 0.05) is 12.8 Å². The second kappa shape index (κ2) is 34.6. The summed E-state index contributed by atoms with van der Waals surface area (Å²) in [5, 5.41) is 0. The highest BCUT2D eigenvalue weighted by Gasteiger charge is 2.21. The standard InChI is InChI=1S/C37H72NO8P/c1-3-5-7-9-11-13-15-16-17-18-20-22-24-26-28-30-37(40)46-35(34-45-47(41,42)44-32-31-38)33-43-36(39)29-27-25-23-21-19-14-12-10-8-6-4-2/h16-17,35H,3-15,18-34,38H2,1-2H3,(H,41,42)/b17-16-/t35-/m1/s1. The number of hydrogen-bond acceptors (Lipinski definition) is 8. The summed E-state index contributed by atoms with van der Waals surface area (Å²) in [6.07, 6.45) is 32.3. The number of hydrogen-bond donors (Lipinski definition) is 1. The van der Waals surface area contributed by atoms with Gasteiger partial charge in [-0.2, -0.15) is 0 Å². The third kappa shape index (κ3) is 34.4. The van der Waals surface area contributed by atoms with Gasteiger partial charge in [0.05, 0.1) is 13.2 Å². The highest BCUT2D eigenvalue weighted by molar-refractivity contribution is 7.45. The minimum Gasteiger partial charge on any atom is -0.756 e. The molecule has 1 unspecified atom stereocenters. The van der Waals surface area contributed by atoms with Crippen LogP contribution in [-0.4, -0.2) is 44.4 Å². The Morgan fingerprint density at radius 1 is 0.617 bits per heavy atom. The van der Waals surface area contributed by atoms with Crippen LogP contribution >= 0.6 is 7.82 Å². The molecule has 0 aromatic carbocycles. The van der Waals surface area contributed by atoms with Crippen molar-refractivity contribution in [3.8, 4) is 0 Å². The maximum absolute atomic E-state index is 12.5. The third-order valence-electron chi connectivity index (χ3n) is 8.17. The normalized spacial score (nSPS) is 13.5. The number of unbranched alkanes of at least 4 members (excludes halogenated alkanes) is 21. The topological polar surface area (TPSA) is 139 Å². The second-order valence-corrected chi connectivity index (χ2v) is 14.3. The molecule has 2 atom stereocenters. The molecule has 9 nitrogen and oxygen atoms in total. The van der Waals surface area contributed by atoms with Gasteiger partial charge in [-0.25, -0.2) is 0 Å². The zero-order chi connectivity index (χ0) is 34.7. The number of carbonyl (C=O) groups is 2. The fourth-order valence-corrected chi connectivity index (χ4v) is 6.06. The van der Waals surface area contributed by atoms with Gasteiger partial charge in [-0.1, -0.05) is 142 Å². The van der Waals surface area contributed by atoms with E-state index in [1.165, 1.54) is 96.3 Å². The number of carbonyl (C=O) groups excluding carboxylic acids is 2. The average Bonchev–Trinajstić information content (AvgIpc) is 3.05. The van der Waals surface area contributed by atoms with E-state index in [0.29, 0.717) is 6.42 Å². The van der Waals surface area contributed by atoms with Crippen molar-refractivity contribution in [3.05, 3.63) is 12.2 Å². The number of phosphoric ester groups is 1. The van der Waals surface area contributed by atoms with Crippen molar-refractivity contribution in [2.75, 3.05) is 26.4 Å². The number of allylic oxidation sites excluding steroid dienone is 2. The van der Waals surface area contributed by atoms with Gasteiger partial charge in [0.2, 0.25) is 0 Å². The first-order chi connectivity index (χ1) is 22.8. The van der Waals surface area contributed by atoms with Crippen molar-refractivity contribution >= 4 is 19.8 Å². The molecule has 0 aliphatic carbocycles. The monoisotopic (exact) mass is 689 g/mol. The molecule has 47 heavy (non-hydrogen) atoms. The maximum Gasteiger partial charge on any atom is 0.306 e. The average molecular weight is 690 g/mol. The van der Waals surface area contributed by atoms with E-state index >= 15 is 0 Å². The van der Waals surface area contributed by atoms with Gasteiger partial charge < -0.3 is 29.1 Å². The lowest BCUT2D eigenvalue weighted by atomic mass is 10.1. The zero-order valence-corrected chi connectivity index (χ0v) is 31.3. The summed E-state index contributed by atoms with van der Waals surface area (Å²) in [4.78, 5) is 36.8. The fraction of sp³-hybridized carbons (Fsp3) is 0.892. The molecular formula is C37H72NO8P. The highest BCUT2D eigenvalue weighted by Crippen LogP contribution is 2.38. The summed E-state index contributed by atoms with van der Waals surface area (Å²) in [5.74, 6) is -0.852. The molecule has 0 aliphatic rings. The predicted octanol–water partition coefficient (Wildman–Crippen LogP) is 8.92. The molecule has 0 bridgehead atoms. The molecule has 0 rings (SSSR count). The molecular weight excluding hydrogens is 617 g/mol. The highest BCUT2D eigenvalue weighted by atomic mass is 31.2. The summed E-state index contributed by atoms with van der Waals surface area (Å²) in [6, 6.07) is 0. The Hall–Kier alpha value is -1.25. The minimum atomic E-state index is -4.58. The van der Waals surface area contributed by atoms with E-state index < -0.39 is 32.5 Å². The van der Waals surface area contributed by atoms with Crippen LogP contribution in [0, 0.1) is 0 Å². The Kier molecular flexibility index (Phi) is 33.7. The molecule has 0 saturated heterocycles. The van der Waals surface area contributed by atoms with Crippen molar-refractivity contribution in [2.45, 2.75) is 187 Å². The van der Waals surface area contributed by atoms with Crippen LogP contribution in [0.5, 0.6) is 0 Å². The van der Waals surface area contributed by atoms with Crippen LogP contribution < -0.4 is 10.6 Å². The third-order valence-corrected chi connectivity index (χ3v) is 9.13. The maximum atomic E-state index is 12.5. The molecule has 0 aliphatic heterocycles. The quantitative estimate of drug-likeness (QED) is 0.0298. The van der Waals surface area contributed by atoms with Gasteiger partial charge in [-0.15, -0.1) is 0 Å². The van der Waals surface area contributed by atoms with Crippen LogP contribution in [0.2, 0.25) is 0 Å². The Balaban J connectivity index is 4.22. The molecule has 10 heteroatoms. The SMILES string of the molecule is CCCCCCCC/C=C\CCCCCCCC(=O)O[C@H](COC(=O)CCCCCCCCCCCCC)COP(=O)([O-])OCC[NH3+]. The van der Waals surface area contributed by atoms with E-state index in [1.54, 1.807) is 0 Å². The molecule has 0 spiro atoms. The molecule has 0 radical (unpaired) electrons. The molecule has 0 fully saturated rings. The number of phosphoric acid groups is 1. The van der Waals surface area contributed by atoms with E-state index in [9.17, 15) is 19.0 Å². The van der Waals surface area contributed by atoms with Crippen molar-refractivity contribution in [1.29, 1.82) is 0 Å². The van der Waals surface area contributed by atoms with Crippen LogP contribution in [0.4, 0.5) is 0 Å². The summed E-state index contributed by atoms with van der Waals surface area (Å²) < 4.78 is 32.4. The van der Waals surface area contributed by atoms with E-state index in [4.69, 9.17) is 18.5 Å². The molecule has 0 heterocycles. The van der Waals surface area contributed by atoms with Crippen LogP contribution in [0.25, 0.3) is 0 Å². The molecule has 278 valence electrons. The first-order valence-corrected chi connectivity index (χ1v) is 20.7. The first-order valence-electron chi connectivity index (χ1n) is 19.2. The Bertz CT molecular complexity index is 794. The van der Waals surface area contributed by atoms with Crippen LogP contribution in [0.3, 0.4) is 0 Å². The number of rotatable bonds is 36. The van der Waals surface area contributed by atoms with Crippen molar-refractivity contribution in [2.24, 2.45) is 0 Å². The lowest BCUT2D eigenvalue weighted by Crippen LogP contribution is -2.52. The second-order valence-electron chi connectivity index (χ2n) is 12.8. The smallest absolute Gasteiger partial charge is 0.306 e. The Labute approximate surface area is 288 Å². The first kappa shape index (κ1) is 45.8. The van der Waals surface area contributed by atoms with E-state index in [2.05, 4.69) is 31.7 Å². The molecule has 0 saturated carbocycles. The lowest BCUT2D eigenvalue weighted by Gasteiger charge is -2.25. The van der Waals surface area contributed by atoms with E-state index in [-0.39, 0.29) is 32.6 Å². The van der Waals surface area contributed by atoms with Gasteiger partial charge in [0.15, 0.2) is 6.10 Å². The van der Waals surface area contributed by atoms with Gasteiger partial charge in [-0.3, -0.25) is 14.2 Å².